The Morgan fingerprint density at radius 3 is 2.30 bits per heavy atom. The number of nitrogens with zero attached hydrogens (tertiary/aromatic N) is 1. The molecule has 0 fully saturated rings. The van der Waals surface area contributed by atoms with Crippen molar-refractivity contribution in [2.45, 2.75) is 32.9 Å². The molecule has 0 unspecified atom stereocenters. The highest BCUT2D eigenvalue weighted by molar-refractivity contribution is 5.67. The van der Waals surface area contributed by atoms with Crippen molar-refractivity contribution in [3.63, 3.8) is 0 Å². The van der Waals surface area contributed by atoms with Crippen molar-refractivity contribution in [1.82, 2.24) is 9.88 Å². The van der Waals surface area contributed by atoms with Gasteiger partial charge in [0.05, 0.1) is 0 Å². The Morgan fingerprint density at radius 1 is 1.15 bits per heavy atom. The Hall–Kier alpha value is -2.23. The monoisotopic (exact) mass is 272 g/mol. The van der Waals surface area contributed by atoms with Crippen LogP contribution in [0, 0.1) is 0 Å². The van der Waals surface area contributed by atoms with E-state index in [4.69, 9.17) is 4.74 Å². The number of benzene rings is 1. The Morgan fingerprint density at radius 2 is 1.75 bits per heavy atom. The summed E-state index contributed by atoms with van der Waals surface area (Å²) in [6.07, 6.45) is 3.59. The standard InChI is InChI=1S/C16H20N2O2/c1-16(2,3)20-15(19)17-12-13-6-8-14(9-7-13)18-10-4-5-11-18/h4-11H,12H2,1-3H3,(H,17,19). The molecule has 0 aliphatic heterocycles. The van der Waals surface area contributed by atoms with Crippen molar-refractivity contribution in [2.75, 3.05) is 0 Å². The number of alkyl carbamates (subject to hydrolysis) is 1. The zero-order valence-corrected chi connectivity index (χ0v) is 12.1. The van der Waals surface area contributed by atoms with E-state index in [2.05, 4.69) is 5.32 Å². The maximum Gasteiger partial charge on any atom is 0.407 e. The van der Waals surface area contributed by atoms with Gasteiger partial charge in [-0.1, -0.05) is 12.1 Å². The molecule has 1 N–H and O–H groups in total. The maximum absolute atomic E-state index is 11.5. The number of amides is 1. The molecule has 1 aromatic carbocycles. The van der Waals surface area contributed by atoms with Crippen molar-refractivity contribution >= 4 is 6.09 Å². The van der Waals surface area contributed by atoms with E-state index in [0.29, 0.717) is 6.54 Å². The van der Waals surface area contributed by atoms with Gasteiger partial charge in [0.2, 0.25) is 0 Å². The molecule has 1 aromatic heterocycles. The molecule has 0 radical (unpaired) electrons. The molecule has 0 saturated carbocycles. The molecule has 2 aromatic rings. The summed E-state index contributed by atoms with van der Waals surface area (Å²) in [6.45, 7) is 6.00. The van der Waals surface area contributed by atoms with Crippen molar-refractivity contribution < 1.29 is 9.53 Å². The number of rotatable bonds is 3. The van der Waals surface area contributed by atoms with Gasteiger partial charge in [0.1, 0.15) is 5.60 Å². The highest BCUT2D eigenvalue weighted by Crippen LogP contribution is 2.10. The minimum atomic E-state index is -0.470. The first-order valence-electron chi connectivity index (χ1n) is 6.63. The third-order valence-electron chi connectivity index (χ3n) is 2.67. The summed E-state index contributed by atoms with van der Waals surface area (Å²) >= 11 is 0. The van der Waals surface area contributed by atoms with E-state index < -0.39 is 11.7 Å². The van der Waals surface area contributed by atoms with Gasteiger partial charge in [-0.05, 0) is 50.6 Å². The second-order valence-electron chi connectivity index (χ2n) is 5.61. The predicted octanol–water partition coefficient (Wildman–Crippen LogP) is 3.50. The number of carbonyl (C=O) groups excluding carboxylic acids is 1. The molecule has 20 heavy (non-hydrogen) atoms. The van der Waals surface area contributed by atoms with Crippen LogP contribution in [0.2, 0.25) is 0 Å². The topological polar surface area (TPSA) is 43.3 Å². The van der Waals surface area contributed by atoms with Gasteiger partial charge >= 0.3 is 6.09 Å². The molecule has 2 rings (SSSR count). The highest BCUT2D eigenvalue weighted by atomic mass is 16.6. The van der Waals surface area contributed by atoms with Crippen molar-refractivity contribution in [1.29, 1.82) is 0 Å². The van der Waals surface area contributed by atoms with Crippen molar-refractivity contribution in [2.24, 2.45) is 0 Å². The lowest BCUT2D eigenvalue weighted by Crippen LogP contribution is -2.32. The summed E-state index contributed by atoms with van der Waals surface area (Å²) in [5.74, 6) is 0. The fourth-order valence-electron chi connectivity index (χ4n) is 1.78. The molecule has 0 spiro atoms. The fourth-order valence-corrected chi connectivity index (χ4v) is 1.78. The van der Waals surface area contributed by atoms with E-state index in [1.54, 1.807) is 0 Å². The maximum atomic E-state index is 11.5. The Labute approximate surface area is 119 Å². The molecule has 0 atom stereocenters. The zero-order valence-electron chi connectivity index (χ0n) is 12.1. The van der Waals surface area contributed by atoms with Crippen LogP contribution in [-0.2, 0) is 11.3 Å². The smallest absolute Gasteiger partial charge is 0.407 e. The van der Waals surface area contributed by atoms with Crippen LogP contribution < -0.4 is 5.32 Å². The molecule has 0 aliphatic carbocycles. The van der Waals surface area contributed by atoms with Gasteiger partial charge in [-0.15, -0.1) is 0 Å². The molecule has 4 heteroatoms. The van der Waals surface area contributed by atoms with E-state index in [-0.39, 0.29) is 0 Å². The first-order valence-corrected chi connectivity index (χ1v) is 6.63. The molecule has 1 heterocycles. The molecule has 0 saturated heterocycles. The first kappa shape index (κ1) is 14.2. The Balaban J connectivity index is 1.90. The van der Waals surface area contributed by atoms with Crippen molar-refractivity contribution in [3.8, 4) is 5.69 Å². The van der Waals surface area contributed by atoms with Gasteiger partial charge in [0.15, 0.2) is 0 Å². The average Bonchev–Trinajstić information content (AvgIpc) is 2.89. The van der Waals surface area contributed by atoms with E-state index >= 15 is 0 Å². The van der Waals surface area contributed by atoms with Gasteiger partial charge in [-0.25, -0.2) is 4.79 Å². The molecular weight excluding hydrogens is 252 g/mol. The molecule has 4 nitrogen and oxygen atoms in total. The number of aromatic nitrogens is 1. The summed E-state index contributed by atoms with van der Waals surface area (Å²) in [7, 11) is 0. The fraction of sp³-hybridized carbons (Fsp3) is 0.312. The molecule has 1 amide bonds. The Kier molecular flexibility index (Phi) is 4.13. The first-order chi connectivity index (χ1) is 9.44. The van der Waals surface area contributed by atoms with Crippen LogP contribution in [0.5, 0.6) is 0 Å². The lowest BCUT2D eigenvalue weighted by atomic mass is 10.2. The third kappa shape index (κ3) is 4.16. The lowest BCUT2D eigenvalue weighted by molar-refractivity contribution is 0.0523. The van der Waals surface area contributed by atoms with E-state index in [9.17, 15) is 4.79 Å². The van der Waals surface area contributed by atoms with Crippen LogP contribution in [0.15, 0.2) is 48.8 Å². The van der Waals surface area contributed by atoms with E-state index in [1.165, 1.54) is 0 Å². The van der Waals surface area contributed by atoms with Crippen LogP contribution in [0.3, 0.4) is 0 Å². The van der Waals surface area contributed by atoms with Gasteiger partial charge in [0.25, 0.3) is 0 Å². The second-order valence-corrected chi connectivity index (χ2v) is 5.61. The summed E-state index contributed by atoms with van der Waals surface area (Å²) in [4.78, 5) is 11.5. The lowest BCUT2D eigenvalue weighted by Gasteiger charge is -2.19. The van der Waals surface area contributed by atoms with Crippen LogP contribution in [0.25, 0.3) is 5.69 Å². The second kappa shape index (κ2) is 5.82. The van der Waals surface area contributed by atoms with E-state index in [0.717, 1.165) is 11.3 Å². The average molecular weight is 272 g/mol. The predicted molar refractivity (Wildman–Crippen MR) is 78.8 cm³/mol. The van der Waals surface area contributed by atoms with Crippen molar-refractivity contribution in [3.05, 3.63) is 54.4 Å². The van der Waals surface area contributed by atoms with Gasteiger partial charge in [-0.3, -0.25) is 0 Å². The Bertz CT molecular complexity index is 551. The number of hydrogen-bond acceptors (Lipinski definition) is 2. The largest absolute Gasteiger partial charge is 0.444 e. The zero-order chi connectivity index (χ0) is 14.6. The number of carbonyl (C=O) groups is 1. The minimum Gasteiger partial charge on any atom is -0.444 e. The minimum absolute atomic E-state index is 0.396. The van der Waals surface area contributed by atoms with Crippen LogP contribution in [-0.4, -0.2) is 16.3 Å². The summed E-state index contributed by atoms with van der Waals surface area (Å²) in [5, 5.41) is 2.74. The third-order valence-corrected chi connectivity index (χ3v) is 2.67. The highest BCUT2D eigenvalue weighted by Gasteiger charge is 2.15. The van der Waals surface area contributed by atoms with Gasteiger partial charge in [-0.2, -0.15) is 0 Å². The van der Waals surface area contributed by atoms with Crippen LogP contribution >= 0.6 is 0 Å². The molecule has 106 valence electrons. The number of nitrogens with one attached hydrogen (secondary N) is 1. The van der Waals surface area contributed by atoms with Gasteiger partial charge in [0, 0.05) is 24.6 Å². The number of ether oxygens (including phenoxy) is 1. The SMILES string of the molecule is CC(C)(C)OC(=O)NCc1ccc(-n2cccc2)cc1. The van der Waals surface area contributed by atoms with Crippen LogP contribution in [0.4, 0.5) is 4.79 Å². The summed E-state index contributed by atoms with van der Waals surface area (Å²) in [6, 6.07) is 12.0. The van der Waals surface area contributed by atoms with E-state index in [1.807, 2.05) is 74.1 Å². The molecule has 0 bridgehead atoms. The van der Waals surface area contributed by atoms with Crippen LogP contribution in [0.1, 0.15) is 26.3 Å². The van der Waals surface area contributed by atoms with Gasteiger partial charge < -0.3 is 14.6 Å². The molecular formula is C16H20N2O2. The summed E-state index contributed by atoms with van der Waals surface area (Å²) in [5.41, 5.74) is 1.66. The number of hydrogen-bond donors (Lipinski definition) is 1. The quantitative estimate of drug-likeness (QED) is 0.929. The normalized spacial score (nSPS) is 11.2. The summed E-state index contributed by atoms with van der Waals surface area (Å²) < 4.78 is 7.22. The molecule has 0 aliphatic rings.